The summed E-state index contributed by atoms with van der Waals surface area (Å²) in [6.45, 7) is 3.70. The fourth-order valence-corrected chi connectivity index (χ4v) is 5.85. The quantitative estimate of drug-likeness (QED) is 0.0381. The van der Waals surface area contributed by atoms with Crippen molar-refractivity contribution in [2.75, 3.05) is 13.2 Å². The van der Waals surface area contributed by atoms with E-state index >= 15 is 0 Å². The zero-order valence-corrected chi connectivity index (χ0v) is 29.8. The molecular weight excluding hydrogens is 598 g/mol. The lowest BCUT2D eigenvalue weighted by Crippen LogP contribution is -2.60. The number of carbonyl (C=O) groups excluding carboxylic acids is 1. The first-order valence-corrected chi connectivity index (χ1v) is 19.1. The maximum absolute atomic E-state index is 12.8. The summed E-state index contributed by atoms with van der Waals surface area (Å²) in [7, 11) is 0. The number of hydrogen-bond acceptors (Lipinski definition) is 8. The van der Waals surface area contributed by atoms with Gasteiger partial charge in [-0.05, 0) is 44.9 Å². The first-order valence-electron chi connectivity index (χ1n) is 19.1. The monoisotopic (exact) mass is 670 g/mol. The Balaban J connectivity index is 2.46. The number of rotatable bonds is 30. The molecule has 1 rings (SSSR count). The first kappa shape index (κ1) is 43.7. The van der Waals surface area contributed by atoms with Crippen LogP contribution in [0.2, 0.25) is 0 Å². The fourth-order valence-electron chi connectivity index (χ4n) is 5.85. The predicted octanol–water partition coefficient (Wildman–Crippen LogP) is 6.38. The van der Waals surface area contributed by atoms with E-state index in [1.54, 1.807) is 6.08 Å². The van der Waals surface area contributed by atoms with Crippen molar-refractivity contribution in [3.05, 3.63) is 24.3 Å². The summed E-state index contributed by atoms with van der Waals surface area (Å²) in [4.78, 5) is 12.8. The van der Waals surface area contributed by atoms with E-state index in [4.69, 9.17) is 9.47 Å². The van der Waals surface area contributed by atoms with Crippen LogP contribution in [0.25, 0.3) is 0 Å². The van der Waals surface area contributed by atoms with Crippen LogP contribution in [0.15, 0.2) is 24.3 Å². The van der Waals surface area contributed by atoms with Crippen LogP contribution in [0.4, 0.5) is 0 Å². The lowest BCUT2D eigenvalue weighted by atomic mass is 9.99. The topological polar surface area (TPSA) is 149 Å². The second kappa shape index (κ2) is 29.6. The lowest BCUT2D eigenvalue weighted by Gasteiger charge is -2.40. The molecule has 0 aromatic heterocycles. The van der Waals surface area contributed by atoms with Gasteiger partial charge in [-0.25, -0.2) is 0 Å². The molecule has 6 N–H and O–H groups in total. The summed E-state index contributed by atoms with van der Waals surface area (Å²) in [6, 6.07) is -0.803. The van der Waals surface area contributed by atoms with Gasteiger partial charge in [-0.1, -0.05) is 128 Å². The molecule has 9 nitrogen and oxygen atoms in total. The van der Waals surface area contributed by atoms with Gasteiger partial charge in [0.05, 0.1) is 25.4 Å². The van der Waals surface area contributed by atoms with Crippen LogP contribution < -0.4 is 5.32 Å². The second-order valence-corrected chi connectivity index (χ2v) is 13.4. The van der Waals surface area contributed by atoms with Crippen LogP contribution in [0, 0.1) is 0 Å². The van der Waals surface area contributed by atoms with Crippen LogP contribution in [-0.4, -0.2) is 87.5 Å². The Morgan fingerprint density at radius 1 is 0.702 bits per heavy atom. The number of hydrogen-bond donors (Lipinski definition) is 6. The molecule has 1 aliphatic heterocycles. The van der Waals surface area contributed by atoms with Gasteiger partial charge >= 0.3 is 0 Å². The number of ether oxygens (including phenoxy) is 2. The molecule has 1 amide bonds. The molecule has 1 saturated heterocycles. The molecule has 0 aromatic carbocycles. The highest BCUT2D eigenvalue weighted by Gasteiger charge is 2.44. The summed E-state index contributed by atoms with van der Waals surface area (Å²) in [5.74, 6) is -0.190. The Kier molecular flexibility index (Phi) is 27.5. The van der Waals surface area contributed by atoms with Crippen LogP contribution >= 0.6 is 0 Å². The Bertz CT molecular complexity index is 792. The summed E-state index contributed by atoms with van der Waals surface area (Å²) < 4.78 is 11.1. The lowest BCUT2D eigenvalue weighted by molar-refractivity contribution is -0.302. The standard InChI is InChI=1S/C38H71NO8/c1-3-5-7-9-11-13-15-16-17-18-20-22-24-26-28-34(42)39-31(30-46-38-37(45)36(44)35(43)33(29-40)47-38)32(41)27-25-23-21-19-14-12-10-8-6-4-2/h15-16,25,27,31-33,35-38,40-41,43-45H,3-14,17-24,26,28-30H2,1-2H3,(H,39,42)/b16-15+,27-25+/t31-,32+,33-,35-,36?,37?,38-/m0/s1. The Morgan fingerprint density at radius 3 is 1.72 bits per heavy atom. The highest BCUT2D eigenvalue weighted by molar-refractivity contribution is 5.76. The minimum atomic E-state index is -1.56. The summed E-state index contributed by atoms with van der Waals surface area (Å²) in [5, 5.41) is 53.8. The normalized spacial score (nSPS) is 23.1. The molecular formula is C38H71NO8. The molecule has 0 aliphatic carbocycles. The van der Waals surface area contributed by atoms with Crippen molar-refractivity contribution < 1.29 is 39.8 Å². The third-order valence-corrected chi connectivity index (χ3v) is 9.02. The van der Waals surface area contributed by atoms with Gasteiger partial charge in [0.15, 0.2) is 6.29 Å². The van der Waals surface area contributed by atoms with Crippen molar-refractivity contribution in [2.45, 2.75) is 198 Å². The molecule has 47 heavy (non-hydrogen) atoms. The van der Waals surface area contributed by atoms with Gasteiger partial charge in [-0.2, -0.15) is 0 Å². The minimum Gasteiger partial charge on any atom is -0.394 e. The maximum Gasteiger partial charge on any atom is 0.220 e. The number of allylic oxidation sites excluding steroid dienone is 3. The van der Waals surface area contributed by atoms with Crippen LogP contribution in [0.1, 0.15) is 155 Å². The molecule has 9 heteroatoms. The maximum atomic E-state index is 12.8. The van der Waals surface area contributed by atoms with Crippen molar-refractivity contribution >= 4 is 5.91 Å². The van der Waals surface area contributed by atoms with E-state index < -0.39 is 49.5 Å². The van der Waals surface area contributed by atoms with Gasteiger partial charge in [0, 0.05) is 6.42 Å². The molecule has 0 spiro atoms. The number of carbonyl (C=O) groups is 1. The van der Waals surface area contributed by atoms with Crippen molar-refractivity contribution in [2.24, 2.45) is 0 Å². The van der Waals surface area contributed by atoms with E-state index in [2.05, 4.69) is 31.3 Å². The average Bonchev–Trinajstić information content (AvgIpc) is 3.07. The molecule has 1 fully saturated rings. The predicted molar refractivity (Wildman–Crippen MR) is 189 cm³/mol. The smallest absolute Gasteiger partial charge is 0.220 e. The average molecular weight is 670 g/mol. The minimum absolute atomic E-state index is 0.190. The first-order chi connectivity index (χ1) is 22.8. The number of aliphatic hydroxyl groups is 5. The largest absolute Gasteiger partial charge is 0.394 e. The Labute approximate surface area is 286 Å². The van der Waals surface area contributed by atoms with E-state index in [-0.39, 0.29) is 12.5 Å². The zero-order valence-electron chi connectivity index (χ0n) is 29.8. The number of aliphatic hydroxyl groups excluding tert-OH is 5. The highest BCUT2D eigenvalue weighted by Crippen LogP contribution is 2.22. The highest BCUT2D eigenvalue weighted by atomic mass is 16.7. The zero-order chi connectivity index (χ0) is 34.5. The van der Waals surface area contributed by atoms with Gasteiger partial charge in [0.1, 0.15) is 24.4 Å². The third-order valence-electron chi connectivity index (χ3n) is 9.02. The molecule has 1 heterocycles. The molecule has 0 bridgehead atoms. The van der Waals surface area contributed by atoms with E-state index in [0.717, 1.165) is 57.8 Å². The Hall–Kier alpha value is -1.33. The van der Waals surface area contributed by atoms with Gasteiger partial charge in [0.25, 0.3) is 0 Å². The van der Waals surface area contributed by atoms with Gasteiger partial charge in [-0.3, -0.25) is 4.79 Å². The van der Waals surface area contributed by atoms with Crippen LogP contribution in [0.3, 0.4) is 0 Å². The Morgan fingerprint density at radius 2 is 1.19 bits per heavy atom. The second-order valence-electron chi connectivity index (χ2n) is 13.4. The van der Waals surface area contributed by atoms with Gasteiger partial charge in [0.2, 0.25) is 5.91 Å². The van der Waals surface area contributed by atoms with Crippen molar-refractivity contribution in [3.63, 3.8) is 0 Å². The molecule has 0 radical (unpaired) electrons. The fraction of sp³-hybridized carbons (Fsp3) is 0.868. The third kappa shape index (κ3) is 21.4. The van der Waals surface area contributed by atoms with Gasteiger partial charge < -0.3 is 40.3 Å². The molecule has 1 aliphatic rings. The molecule has 2 unspecified atom stereocenters. The van der Waals surface area contributed by atoms with Crippen molar-refractivity contribution in [1.82, 2.24) is 5.32 Å². The molecule has 0 saturated carbocycles. The molecule has 7 atom stereocenters. The SMILES string of the molecule is CCCCCCC/C=C/CCCCCCCC(=O)N[C@@H](CO[C@H]1O[C@@H](CO)[C@H](O)C(O)C1O)[C@H](O)/C=C/CCCCCCCCCC. The summed E-state index contributed by atoms with van der Waals surface area (Å²) in [6.07, 6.45) is 25.0. The van der Waals surface area contributed by atoms with E-state index in [9.17, 15) is 30.3 Å². The van der Waals surface area contributed by atoms with Crippen LogP contribution in [-0.2, 0) is 14.3 Å². The van der Waals surface area contributed by atoms with Crippen molar-refractivity contribution in [3.8, 4) is 0 Å². The molecule has 276 valence electrons. The van der Waals surface area contributed by atoms with Crippen LogP contribution in [0.5, 0.6) is 0 Å². The number of unbranched alkanes of at least 4 members (excludes halogenated alkanes) is 18. The number of nitrogens with one attached hydrogen (secondary N) is 1. The van der Waals surface area contributed by atoms with E-state index in [0.29, 0.717) is 6.42 Å². The number of amides is 1. The molecule has 0 aromatic rings. The van der Waals surface area contributed by atoms with E-state index in [1.165, 1.54) is 77.0 Å². The summed E-state index contributed by atoms with van der Waals surface area (Å²) >= 11 is 0. The van der Waals surface area contributed by atoms with E-state index in [1.807, 2.05) is 6.08 Å². The van der Waals surface area contributed by atoms with Gasteiger partial charge in [-0.15, -0.1) is 0 Å². The van der Waals surface area contributed by atoms with Crippen molar-refractivity contribution in [1.29, 1.82) is 0 Å². The summed E-state index contributed by atoms with van der Waals surface area (Å²) in [5.41, 5.74) is 0.